The van der Waals surface area contributed by atoms with Crippen LogP contribution in [0.3, 0.4) is 0 Å². The average molecular weight is 577 g/mol. The van der Waals surface area contributed by atoms with Gasteiger partial charge in [0.25, 0.3) is 0 Å². The van der Waals surface area contributed by atoms with E-state index in [4.69, 9.17) is 28.4 Å². The van der Waals surface area contributed by atoms with Gasteiger partial charge in [0.05, 0.1) is 37.6 Å². The van der Waals surface area contributed by atoms with E-state index in [0.717, 1.165) is 6.08 Å². The molecule has 0 aliphatic rings. The summed E-state index contributed by atoms with van der Waals surface area (Å²) in [6.45, 7) is 8.14. The van der Waals surface area contributed by atoms with Crippen LogP contribution in [-0.4, -0.2) is 50.3 Å². The first-order valence-corrected chi connectivity index (χ1v) is 13.3. The van der Waals surface area contributed by atoms with Crippen molar-refractivity contribution in [3.63, 3.8) is 0 Å². The summed E-state index contributed by atoms with van der Waals surface area (Å²) in [5.74, 6) is -1.56. The topological polar surface area (TPSA) is 124 Å². The first kappa shape index (κ1) is 31.4. The Bertz CT molecular complexity index is 1380. The van der Waals surface area contributed by atoms with E-state index in [1.807, 2.05) is 13.8 Å². The molecule has 0 aliphatic heterocycles. The predicted octanol–water partition coefficient (Wildman–Crippen LogP) is 5.59. The molecule has 220 valence electrons. The number of benzene rings is 3. The highest BCUT2D eigenvalue weighted by atomic mass is 16.6. The molecule has 0 radical (unpaired) electrons. The Morgan fingerprint density at radius 3 is 1.67 bits per heavy atom. The first-order valence-electron chi connectivity index (χ1n) is 13.3. The molecule has 0 aromatic heterocycles. The molecule has 10 nitrogen and oxygen atoms in total. The van der Waals surface area contributed by atoms with Gasteiger partial charge in [0, 0.05) is 6.08 Å². The summed E-state index contributed by atoms with van der Waals surface area (Å²) in [6, 6.07) is 16.8. The van der Waals surface area contributed by atoms with Gasteiger partial charge in [-0.25, -0.2) is 19.2 Å². The summed E-state index contributed by atoms with van der Waals surface area (Å²) >= 11 is 0. The molecule has 10 heteroatoms. The van der Waals surface area contributed by atoms with Crippen molar-refractivity contribution in [1.29, 1.82) is 0 Å². The zero-order chi connectivity index (χ0) is 30.3. The number of carbonyl (C=O) groups is 4. The molecule has 3 aromatic rings. The lowest BCUT2D eigenvalue weighted by Gasteiger charge is -2.13. The number of unbranched alkanes of at least 4 members (excludes halogenated alkanes) is 1. The summed E-state index contributed by atoms with van der Waals surface area (Å²) in [5.41, 5.74) is 0.382. The third-order valence-electron chi connectivity index (χ3n) is 5.57. The number of esters is 4. The standard InChI is InChI=1S/C32H32O10/c1-4-29(33)39-19-7-8-20-40-32(36)27-21-26(41-30(34)22-9-13-24(14-10-22)37-5-2)17-18-28(27)42-31(35)23-11-15-25(16-12-23)38-6-3/h4,9-18,21H,1,5-8,19-20H2,2-3H3. The minimum absolute atomic E-state index is 0.00689. The van der Waals surface area contributed by atoms with Crippen LogP contribution in [-0.2, 0) is 14.3 Å². The molecule has 3 aromatic carbocycles. The fourth-order valence-corrected chi connectivity index (χ4v) is 3.53. The fourth-order valence-electron chi connectivity index (χ4n) is 3.53. The number of ether oxygens (including phenoxy) is 6. The summed E-state index contributed by atoms with van der Waals surface area (Å²) in [7, 11) is 0. The molecule has 0 unspecified atom stereocenters. The minimum atomic E-state index is -0.799. The van der Waals surface area contributed by atoms with E-state index in [1.165, 1.54) is 30.3 Å². The number of rotatable bonds is 15. The van der Waals surface area contributed by atoms with Gasteiger partial charge in [0.1, 0.15) is 28.6 Å². The van der Waals surface area contributed by atoms with Crippen LogP contribution in [0.15, 0.2) is 79.4 Å². The van der Waals surface area contributed by atoms with Crippen LogP contribution < -0.4 is 18.9 Å². The van der Waals surface area contributed by atoms with Crippen molar-refractivity contribution in [2.75, 3.05) is 26.4 Å². The maximum atomic E-state index is 13.0. The highest BCUT2D eigenvalue weighted by Crippen LogP contribution is 2.27. The van der Waals surface area contributed by atoms with Gasteiger partial charge in [0.15, 0.2) is 0 Å². The van der Waals surface area contributed by atoms with Crippen LogP contribution in [0.2, 0.25) is 0 Å². The van der Waals surface area contributed by atoms with Crippen LogP contribution >= 0.6 is 0 Å². The van der Waals surface area contributed by atoms with Crippen molar-refractivity contribution >= 4 is 23.9 Å². The Labute approximate surface area is 243 Å². The van der Waals surface area contributed by atoms with E-state index < -0.39 is 23.9 Å². The predicted molar refractivity (Wildman–Crippen MR) is 152 cm³/mol. The van der Waals surface area contributed by atoms with E-state index in [0.29, 0.717) is 37.6 Å². The SMILES string of the molecule is C=CC(=O)OCCCCOC(=O)c1cc(OC(=O)c2ccc(OCC)cc2)ccc1OC(=O)c1ccc(OCC)cc1. The summed E-state index contributed by atoms with van der Waals surface area (Å²) < 4.78 is 32.0. The maximum absolute atomic E-state index is 13.0. The lowest BCUT2D eigenvalue weighted by Crippen LogP contribution is -2.15. The van der Waals surface area contributed by atoms with Gasteiger partial charge in [-0.05, 0) is 93.4 Å². The third kappa shape index (κ3) is 9.51. The molecular weight excluding hydrogens is 544 g/mol. The molecule has 0 amide bonds. The van der Waals surface area contributed by atoms with Crippen LogP contribution in [0.5, 0.6) is 23.0 Å². The molecule has 0 spiro atoms. The average Bonchev–Trinajstić information content (AvgIpc) is 3.00. The van der Waals surface area contributed by atoms with Crippen LogP contribution in [0.25, 0.3) is 0 Å². The monoisotopic (exact) mass is 576 g/mol. The quantitative estimate of drug-likeness (QED) is 0.0979. The van der Waals surface area contributed by atoms with Gasteiger partial charge in [-0.15, -0.1) is 0 Å². The Balaban J connectivity index is 1.74. The van der Waals surface area contributed by atoms with E-state index in [-0.39, 0.29) is 41.4 Å². The Morgan fingerprint density at radius 1 is 0.643 bits per heavy atom. The van der Waals surface area contributed by atoms with Crippen LogP contribution in [0, 0.1) is 0 Å². The summed E-state index contributed by atoms with van der Waals surface area (Å²) in [5, 5.41) is 0. The van der Waals surface area contributed by atoms with Gasteiger partial charge in [-0.1, -0.05) is 6.58 Å². The first-order chi connectivity index (χ1) is 20.3. The van der Waals surface area contributed by atoms with Crippen molar-refractivity contribution < 1.29 is 47.6 Å². The fraction of sp³-hybridized carbons (Fsp3) is 0.250. The number of hydrogen-bond donors (Lipinski definition) is 0. The molecule has 3 rings (SSSR count). The van der Waals surface area contributed by atoms with Crippen molar-refractivity contribution in [3.05, 3.63) is 96.1 Å². The second-order valence-corrected chi connectivity index (χ2v) is 8.57. The molecule has 42 heavy (non-hydrogen) atoms. The second-order valence-electron chi connectivity index (χ2n) is 8.57. The lowest BCUT2D eigenvalue weighted by atomic mass is 10.1. The minimum Gasteiger partial charge on any atom is -0.494 e. The largest absolute Gasteiger partial charge is 0.494 e. The summed E-state index contributed by atoms with van der Waals surface area (Å²) in [6.07, 6.45) is 1.92. The Kier molecular flexibility index (Phi) is 12.1. The molecule has 0 heterocycles. The van der Waals surface area contributed by atoms with Crippen molar-refractivity contribution in [2.45, 2.75) is 26.7 Å². The lowest BCUT2D eigenvalue weighted by molar-refractivity contribution is -0.137. The zero-order valence-corrected chi connectivity index (χ0v) is 23.5. The van der Waals surface area contributed by atoms with Gasteiger partial charge in [-0.3, -0.25) is 0 Å². The van der Waals surface area contributed by atoms with Crippen molar-refractivity contribution in [1.82, 2.24) is 0 Å². The molecule has 0 fully saturated rings. The molecule has 0 N–H and O–H groups in total. The normalized spacial score (nSPS) is 10.2. The second kappa shape index (κ2) is 16.2. The van der Waals surface area contributed by atoms with Crippen molar-refractivity contribution in [3.8, 4) is 23.0 Å². The van der Waals surface area contributed by atoms with E-state index in [9.17, 15) is 19.2 Å². The Hall–Kier alpha value is -5.12. The van der Waals surface area contributed by atoms with E-state index in [1.54, 1.807) is 36.4 Å². The molecule has 0 aliphatic carbocycles. The summed E-state index contributed by atoms with van der Waals surface area (Å²) in [4.78, 5) is 49.7. The van der Waals surface area contributed by atoms with Gasteiger partial charge in [0.2, 0.25) is 0 Å². The van der Waals surface area contributed by atoms with E-state index >= 15 is 0 Å². The van der Waals surface area contributed by atoms with E-state index in [2.05, 4.69) is 6.58 Å². The van der Waals surface area contributed by atoms with Crippen molar-refractivity contribution in [2.24, 2.45) is 0 Å². The van der Waals surface area contributed by atoms with Gasteiger partial charge >= 0.3 is 23.9 Å². The van der Waals surface area contributed by atoms with Gasteiger partial charge < -0.3 is 28.4 Å². The molecule has 0 saturated carbocycles. The van der Waals surface area contributed by atoms with Crippen LogP contribution in [0.4, 0.5) is 0 Å². The molecule has 0 saturated heterocycles. The van der Waals surface area contributed by atoms with Crippen LogP contribution in [0.1, 0.15) is 57.8 Å². The highest BCUT2D eigenvalue weighted by Gasteiger charge is 2.20. The maximum Gasteiger partial charge on any atom is 0.343 e. The highest BCUT2D eigenvalue weighted by molar-refractivity contribution is 5.97. The smallest absolute Gasteiger partial charge is 0.343 e. The molecule has 0 bridgehead atoms. The zero-order valence-electron chi connectivity index (χ0n) is 23.5. The number of hydrogen-bond acceptors (Lipinski definition) is 10. The Morgan fingerprint density at radius 2 is 1.14 bits per heavy atom. The molecular formula is C32H32O10. The van der Waals surface area contributed by atoms with Gasteiger partial charge in [-0.2, -0.15) is 0 Å². The molecule has 0 atom stereocenters. The number of carbonyl (C=O) groups excluding carboxylic acids is 4. The third-order valence-corrected chi connectivity index (χ3v) is 5.57.